The van der Waals surface area contributed by atoms with Crippen LogP contribution in [0.4, 0.5) is 0 Å². The van der Waals surface area contributed by atoms with E-state index in [0.29, 0.717) is 19.0 Å². The van der Waals surface area contributed by atoms with Gasteiger partial charge in [0.05, 0.1) is 0 Å². The third kappa shape index (κ3) is 2.18. The molecular weight excluding hydrogens is 192 g/mol. The van der Waals surface area contributed by atoms with E-state index in [2.05, 4.69) is 12.0 Å². The fraction of sp³-hybridized carbons (Fsp3) is 0.600. The zero-order valence-electron chi connectivity index (χ0n) is 8.84. The standard InChI is InChI=1S/C10H16N4O/c1-8-5-13(6-9(8)11)10(15)7-14-4-2-3-12-14/h2-4,8-9H,5-7,11H2,1H3. The molecule has 5 nitrogen and oxygen atoms in total. The zero-order chi connectivity index (χ0) is 10.8. The summed E-state index contributed by atoms with van der Waals surface area (Å²) in [6.45, 7) is 3.82. The summed E-state index contributed by atoms with van der Waals surface area (Å²) >= 11 is 0. The van der Waals surface area contributed by atoms with E-state index in [0.717, 1.165) is 6.54 Å². The molecule has 0 radical (unpaired) electrons. The van der Waals surface area contributed by atoms with Crippen LogP contribution < -0.4 is 5.73 Å². The van der Waals surface area contributed by atoms with E-state index in [4.69, 9.17) is 5.73 Å². The zero-order valence-corrected chi connectivity index (χ0v) is 8.84. The minimum absolute atomic E-state index is 0.0958. The largest absolute Gasteiger partial charge is 0.339 e. The van der Waals surface area contributed by atoms with Crippen molar-refractivity contribution in [1.82, 2.24) is 14.7 Å². The molecule has 1 fully saturated rings. The summed E-state index contributed by atoms with van der Waals surface area (Å²) in [5.74, 6) is 0.491. The fourth-order valence-corrected chi connectivity index (χ4v) is 1.83. The molecule has 0 spiro atoms. The van der Waals surface area contributed by atoms with Gasteiger partial charge in [-0.25, -0.2) is 0 Å². The van der Waals surface area contributed by atoms with Crippen molar-refractivity contribution in [3.63, 3.8) is 0 Å². The van der Waals surface area contributed by atoms with Gasteiger partial charge in [0.1, 0.15) is 6.54 Å². The minimum Gasteiger partial charge on any atom is -0.339 e. The molecule has 5 heteroatoms. The van der Waals surface area contributed by atoms with Crippen molar-refractivity contribution in [2.24, 2.45) is 11.7 Å². The quantitative estimate of drug-likeness (QED) is 0.725. The number of hydrogen-bond acceptors (Lipinski definition) is 3. The van der Waals surface area contributed by atoms with Crippen LogP contribution in [0, 0.1) is 5.92 Å². The van der Waals surface area contributed by atoms with Crippen LogP contribution in [0.15, 0.2) is 18.5 Å². The predicted molar refractivity (Wildman–Crippen MR) is 55.9 cm³/mol. The minimum atomic E-state index is 0.0958. The van der Waals surface area contributed by atoms with Crippen LogP contribution in [0.25, 0.3) is 0 Å². The Hall–Kier alpha value is -1.36. The van der Waals surface area contributed by atoms with E-state index in [-0.39, 0.29) is 11.9 Å². The van der Waals surface area contributed by atoms with Crippen LogP contribution in [0.3, 0.4) is 0 Å². The summed E-state index contributed by atoms with van der Waals surface area (Å²) in [5.41, 5.74) is 5.86. The smallest absolute Gasteiger partial charge is 0.244 e. The van der Waals surface area contributed by atoms with Crippen molar-refractivity contribution in [3.8, 4) is 0 Å². The number of carbonyl (C=O) groups excluding carboxylic acids is 1. The van der Waals surface area contributed by atoms with E-state index in [1.165, 1.54) is 0 Å². The maximum atomic E-state index is 11.8. The van der Waals surface area contributed by atoms with Gasteiger partial charge in [-0.05, 0) is 12.0 Å². The van der Waals surface area contributed by atoms with Crippen molar-refractivity contribution in [1.29, 1.82) is 0 Å². The SMILES string of the molecule is CC1CN(C(=O)Cn2cccn2)CC1N. The lowest BCUT2D eigenvalue weighted by atomic mass is 10.1. The van der Waals surface area contributed by atoms with Crippen molar-refractivity contribution >= 4 is 5.91 Å². The Morgan fingerprint density at radius 3 is 2.93 bits per heavy atom. The lowest BCUT2D eigenvalue weighted by Crippen LogP contribution is -2.34. The first-order chi connectivity index (χ1) is 7.16. The number of nitrogens with two attached hydrogens (primary N) is 1. The number of aromatic nitrogens is 2. The number of rotatable bonds is 2. The van der Waals surface area contributed by atoms with Crippen molar-refractivity contribution in [3.05, 3.63) is 18.5 Å². The molecule has 1 aromatic heterocycles. The Morgan fingerprint density at radius 1 is 1.60 bits per heavy atom. The molecule has 0 bridgehead atoms. The Balaban J connectivity index is 1.92. The van der Waals surface area contributed by atoms with Gasteiger partial charge in [-0.3, -0.25) is 9.48 Å². The van der Waals surface area contributed by atoms with E-state index in [9.17, 15) is 4.79 Å². The van der Waals surface area contributed by atoms with Gasteiger partial charge in [0.2, 0.25) is 5.91 Å². The van der Waals surface area contributed by atoms with Crippen molar-refractivity contribution < 1.29 is 4.79 Å². The van der Waals surface area contributed by atoms with E-state index >= 15 is 0 Å². The third-order valence-electron chi connectivity index (χ3n) is 2.88. The lowest BCUT2D eigenvalue weighted by Gasteiger charge is -2.15. The topological polar surface area (TPSA) is 64.2 Å². The number of hydrogen-bond donors (Lipinski definition) is 1. The molecule has 2 N–H and O–H groups in total. The van der Waals surface area contributed by atoms with E-state index in [1.54, 1.807) is 17.1 Å². The van der Waals surface area contributed by atoms with Gasteiger partial charge in [-0.1, -0.05) is 6.92 Å². The fourth-order valence-electron chi connectivity index (χ4n) is 1.83. The normalized spacial score (nSPS) is 25.9. The van der Waals surface area contributed by atoms with Gasteiger partial charge in [0.25, 0.3) is 0 Å². The molecule has 82 valence electrons. The highest BCUT2D eigenvalue weighted by atomic mass is 16.2. The summed E-state index contributed by atoms with van der Waals surface area (Å²) in [6, 6.07) is 1.93. The van der Waals surface area contributed by atoms with Crippen molar-refractivity contribution in [2.45, 2.75) is 19.5 Å². The molecule has 2 rings (SSSR count). The van der Waals surface area contributed by atoms with Crippen LogP contribution in [-0.2, 0) is 11.3 Å². The number of carbonyl (C=O) groups is 1. The van der Waals surface area contributed by atoms with Crippen LogP contribution >= 0.6 is 0 Å². The monoisotopic (exact) mass is 208 g/mol. The Kier molecular flexibility index (Phi) is 2.73. The molecule has 1 aromatic rings. The predicted octanol–water partition coefficient (Wildman–Crippen LogP) is -0.311. The molecule has 1 amide bonds. The van der Waals surface area contributed by atoms with E-state index in [1.807, 2.05) is 11.0 Å². The van der Waals surface area contributed by atoms with Crippen LogP contribution in [-0.4, -0.2) is 39.7 Å². The van der Waals surface area contributed by atoms with Crippen LogP contribution in [0.1, 0.15) is 6.92 Å². The summed E-state index contributed by atoms with van der Waals surface area (Å²) in [7, 11) is 0. The summed E-state index contributed by atoms with van der Waals surface area (Å²) < 4.78 is 1.64. The van der Waals surface area contributed by atoms with Gasteiger partial charge < -0.3 is 10.6 Å². The average Bonchev–Trinajstić information content (AvgIpc) is 2.78. The molecule has 0 aliphatic carbocycles. The lowest BCUT2D eigenvalue weighted by molar-refractivity contribution is -0.131. The maximum Gasteiger partial charge on any atom is 0.244 e. The van der Waals surface area contributed by atoms with Crippen LogP contribution in [0.2, 0.25) is 0 Å². The first kappa shape index (κ1) is 10.2. The van der Waals surface area contributed by atoms with Gasteiger partial charge in [-0.15, -0.1) is 0 Å². The number of nitrogens with zero attached hydrogens (tertiary/aromatic N) is 3. The molecule has 2 atom stereocenters. The molecule has 0 aromatic carbocycles. The average molecular weight is 208 g/mol. The second-order valence-corrected chi connectivity index (χ2v) is 4.14. The third-order valence-corrected chi connectivity index (χ3v) is 2.88. The molecule has 2 heterocycles. The molecular formula is C10H16N4O. The molecule has 0 saturated carbocycles. The van der Waals surface area contributed by atoms with Gasteiger partial charge >= 0.3 is 0 Å². The first-order valence-electron chi connectivity index (χ1n) is 5.17. The molecule has 1 aliphatic rings. The second-order valence-electron chi connectivity index (χ2n) is 4.14. The van der Waals surface area contributed by atoms with Gasteiger partial charge in [0, 0.05) is 31.5 Å². The van der Waals surface area contributed by atoms with Crippen molar-refractivity contribution in [2.75, 3.05) is 13.1 Å². The van der Waals surface area contributed by atoms with Gasteiger partial charge in [0.15, 0.2) is 0 Å². The molecule has 2 unspecified atom stereocenters. The Labute approximate surface area is 88.8 Å². The van der Waals surface area contributed by atoms with E-state index < -0.39 is 0 Å². The Morgan fingerprint density at radius 2 is 2.40 bits per heavy atom. The summed E-state index contributed by atoms with van der Waals surface area (Å²) in [6.07, 6.45) is 3.46. The summed E-state index contributed by atoms with van der Waals surface area (Å²) in [4.78, 5) is 13.6. The summed E-state index contributed by atoms with van der Waals surface area (Å²) in [5, 5.41) is 4.00. The highest BCUT2D eigenvalue weighted by Crippen LogP contribution is 2.14. The number of likely N-dealkylation sites (tertiary alicyclic amines) is 1. The first-order valence-corrected chi connectivity index (χ1v) is 5.17. The van der Waals surface area contributed by atoms with Crippen LogP contribution in [0.5, 0.6) is 0 Å². The molecule has 15 heavy (non-hydrogen) atoms. The maximum absolute atomic E-state index is 11.8. The second kappa shape index (κ2) is 4.02. The molecule has 1 aliphatic heterocycles. The highest BCUT2D eigenvalue weighted by Gasteiger charge is 2.29. The number of amides is 1. The molecule has 1 saturated heterocycles. The van der Waals surface area contributed by atoms with Gasteiger partial charge in [-0.2, -0.15) is 5.10 Å². The highest BCUT2D eigenvalue weighted by molar-refractivity contribution is 5.76. The Bertz CT molecular complexity index is 325.